The fourth-order valence-electron chi connectivity index (χ4n) is 1.94. The Balaban J connectivity index is 2.58. The number of nitrogens with one attached hydrogen (secondary N) is 1. The van der Waals surface area contributed by atoms with Gasteiger partial charge in [-0.1, -0.05) is 12.1 Å². The Bertz CT molecular complexity index is 750. The van der Waals surface area contributed by atoms with E-state index in [0.717, 1.165) is 5.56 Å². The molecule has 0 unspecified atom stereocenters. The van der Waals surface area contributed by atoms with Gasteiger partial charge < -0.3 is 9.30 Å². The summed E-state index contributed by atoms with van der Waals surface area (Å²) in [5, 5.41) is 2.64. The van der Waals surface area contributed by atoms with E-state index >= 15 is 0 Å². The van der Waals surface area contributed by atoms with Crippen LogP contribution in [-0.4, -0.2) is 22.8 Å². The molecule has 0 spiro atoms. The molecule has 0 bridgehead atoms. The highest BCUT2D eigenvalue weighted by atomic mass is 16.5. The van der Waals surface area contributed by atoms with Gasteiger partial charge in [-0.15, -0.1) is 0 Å². The van der Waals surface area contributed by atoms with Crippen LogP contribution in [0.5, 0.6) is 0 Å². The summed E-state index contributed by atoms with van der Waals surface area (Å²) in [5.41, 5.74) is 2.57. The molecule has 2 aromatic rings. The summed E-state index contributed by atoms with van der Waals surface area (Å²) in [5.74, 6) is 0.599. The van der Waals surface area contributed by atoms with Crippen molar-refractivity contribution < 1.29 is 9.53 Å². The van der Waals surface area contributed by atoms with Crippen LogP contribution < -0.4 is 10.9 Å². The van der Waals surface area contributed by atoms with Crippen LogP contribution in [-0.2, 0) is 11.8 Å². The molecule has 0 radical (unpaired) electrons. The Hall–Kier alpha value is -2.63. The number of methoxy groups -OCH3 is 1. The summed E-state index contributed by atoms with van der Waals surface area (Å²) in [4.78, 5) is 27.7. The first-order valence-corrected chi connectivity index (χ1v) is 6.43. The molecule has 21 heavy (non-hydrogen) atoms. The number of amides is 1. The third-order valence-corrected chi connectivity index (χ3v) is 3.23. The van der Waals surface area contributed by atoms with E-state index in [0.29, 0.717) is 22.8 Å². The zero-order valence-electron chi connectivity index (χ0n) is 12.4. The molecule has 0 saturated carbocycles. The minimum atomic E-state index is -0.567. The van der Waals surface area contributed by atoms with Crippen molar-refractivity contribution in [3.05, 3.63) is 46.0 Å². The molecule has 110 valence electrons. The molecule has 1 amide bonds. The van der Waals surface area contributed by atoms with Crippen LogP contribution in [0.25, 0.3) is 11.3 Å². The van der Waals surface area contributed by atoms with E-state index in [1.807, 2.05) is 19.1 Å². The van der Waals surface area contributed by atoms with Crippen molar-refractivity contribution in [1.29, 1.82) is 0 Å². The lowest BCUT2D eigenvalue weighted by Crippen LogP contribution is -2.20. The van der Waals surface area contributed by atoms with Gasteiger partial charge in [0.2, 0.25) is 0 Å². The van der Waals surface area contributed by atoms with Gasteiger partial charge >= 0.3 is 6.09 Å². The summed E-state index contributed by atoms with van der Waals surface area (Å²) in [6, 6.07) is 6.97. The maximum Gasteiger partial charge on any atom is 0.411 e. The number of aromatic nitrogens is 2. The lowest BCUT2D eigenvalue weighted by atomic mass is 10.1. The molecule has 1 heterocycles. The highest BCUT2D eigenvalue weighted by Gasteiger charge is 2.12. The minimum Gasteiger partial charge on any atom is -0.453 e. The standard InChI is InChI=1S/C15H17N3O3/c1-9-5-6-11(12(7-9)17-15(20)21-4)13-8-14(19)18(3)10(2)16-13/h5-8H,1-4H3,(H,17,20). The smallest absolute Gasteiger partial charge is 0.411 e. The van der Waals surface area contributed by atoms with Gasteiger partial charge in [-0.25, -0.2) is 9.78 Å². The Kier molecular flexibility index (Phi) is 4.07. The zero-order valence-corrected chi connectivity index (χ0v) is 12.4. The van der Waals surface area contributed by atoms with Gasteiger partial charge in [0.05, 0.1) is 18.5 Å². The first-order chi connectivity index (χ1) is 9.92. The molecule has 0 saturated heterocycles. The molecule has 0 aliphatic heterocycles. The fourth-order valence-corrected chi connectivity index (χ4v) is 1.94. The summed E-state index contributed by atoms with van der Waals surface area (Å²) < 4.78 is 6.08. The second-order valence-electron chi connectivity index (χ2n) is 4.75. The number of benzene rings is 1. The van der Waals surface area contributed by atoms with Crippen LogP contribution in [0.4, 0.5) is 10.5 Å². The van der Waals surface area contributed by atoms with Gasteiger partial charge in [0.1, 0.15) is 5.82 Å². The minimum absolute atomic E-state index is 0.151. The average Bonchev–Trinajstić information content (AvgIpc) is 2.44. The summed E-state index contributed by atoms with van der Waals surface area (Å²) in [6.45, 7) is 3.67. The van der Waals surface area contributed by atoms with Crippen LogP contribution >= 0.6 is 0 Å². The quantitative estimate of drug-likeness (QED) is 0.919. The van der Waals surface area contributed by atoms with Gasteiger partial charge in [-0.2, -0.15) is 0 Å². The first-order valence-electron chi connectivity index (χ1n) is 6.43. The molecule has 0 atom stereocenters. The van der Waals surface area contributed by atoms with Crippen molar-refractivity contribution in [2.24, 2.45) is 7.05 Å². The van der Waals surface area contributed by atoms with Gasteiger partial charge in [0.15, 0.2) is 0 Å². The fraction of sp³-hybridized carbons (Fsp3) is 0.267. The van der Waals surface area contributed by atoms with Crippen molar-refractivity contribution >= 4 is 11.8 Å². The molecule has 1 aromatic carbocycles. The summed E-state index contributed by atoms with van der Waals surface area (Å²) in [7, 11) is 2.96. The van der Waals surface area contributed by atoms with E-state index in [9.17, 15) is 9.59 Å². The predicted octanol–water partition coefficient (Wildman–Crippen LogP) is 2.24. The Labute approximate surface area is 122 Å². The van der Waals surface area contributed by atoms with E-state index < -0.39 is 6.09 Å². The molecule has 1 aromatic heterocycles. The monoisotopic (exact) mass is 287 g/mol. The molecular weight excluding hydrogens is 270 g/mol. The lowest BCUT2D eigenvalue weighted by molar-refractivity contribution is 0.187. The molecule has 0 aliphatic carbocycles. The van der Waals surface area contributed by atoms with Crippen molar-refractivity contribution in [3.8, 4) is 11.3 Å². The van der Waals surface area contributed by atoms with Gasteiger partial charge in [-0.3, -0.25) is 10.1 Å². The number of hydrogen-bond acceptors (Lipinski definition) is 4. The van der Waals surface area contributed by atoms with E-state index in [1.54, 1.807) is 20.0 Å². The van der Waals surface area contributed by atoms with Crippen LogP contribution in [0.15, 0.2) is 29.1 Å². The number of ether oxygens (including phenoxy) is 1. The number of hydrogen-bond donors (Lipinski definition) is 1. The Morgan fingerprint density at radius 3 is 2.62 bits per heavy atom. The van der Waals surface area contributed by atoms with Crippen LogP contribution in [0.1, 0.15) is 11.4 Å². The third kappa shape index (κ3) is 3.10. The van der Waals surface area contributed by atoms with Crippen molar-refractivity contribution in [2.75, 3.05) is 12.4 Å². The second-order valence-corrected chi connectivity index (χ2v) is 4.75. The third-order valence-electron chi connectivity index (χ3n) is 3.23. The Morgan fingerprint density at radius 1 is 1.29 bits per heavy atom. The van der Waals surface area contributed by atoms with Gasteiger partial charge in [-0.05, 0) is 25.5 Å². The molecule has 1 N–H and O–H groups in total. The molecule has 0 fully saturated rings. The molecule has 2 rings (SSSR count). The number of rotatable bonds is 2. The van der Waals surface area contributed by atoms with Crippen molar-refractivity contribution in [1.82, 2.24) is 9.55 Å². The normalized spacial score (nSPS) is 10.3. The van der Waals surface area contributed by atoms with Crippen molar-refractivity contribution in [3.63, 3.8) is 0 Å². The average molecular weight is 287 g/mol. The second kappa shape index (κ2) is 5.78. The van der Waals surface area contributed by atoms with E-state index in [1.165, 1.54) is 17.7 Å². The lowest BCUT2D eigenvalue weighted by Gasteiger charge is -2.12. The number of aryl methyl sites for hydroxylation is 2. The summed E-state index contributed by atoms with van der Waals surface area (Å²) in [6.07, 6.45) is -0.567. The molecule has 6 heteroatoms. The first kappa shape index (κ1) is 14.8. The maximum absolute atomic E-state index is 11.9. The van der Waals surface area contributed by atoms with Gasteiger partial charge in [0, 0.05) is 18.7 Å². The Morgan fingerprint density at radius 2 is 2.00 bits per heavy atom. The highest BCUT2D eigenvalue weighted by molar-refractivity contribution is 5.91. The van der Waals surface area contributed by atoms with Crippen molar-refractivity contribution in [2.45, 2.75) is 13.8 Å². The number of carbonyl (C=O) groups excluding carboxylic acids is 1. The predicted molar refractivity (Wildman–Crippen MR) is 80.4 cm³/mol. The van der Waals surface area contributed by atoms with Crippen LogP contribution in [0.3, 0.4) is 0 Å². The number of anilines is 1. The topological polar surface area (TPSA) is 73.2 Å². The molecule has 0 aliphatic rings. The van der Waals surface area contributed by atoms with E-state index in [2.05, 4.69) is 15.0 Å². The molecule has 6 nitrogen and oxygen atoms in total. The number of carbonyl (C=O) groups is 1. The SMILES string of the molecule is COC(=O)Nc1cc(C)ccc1-c1cc(=O)n(C)c(C)n1. The van der Waals surface area contributed by atoms with Crippen LogP contribution in [0.2, 0.25) is 0 Å². The largest absolute Gasteiger partial charge is 0.453 e. The number of nitrogens with zero attached hydrogens (tertiary/aromatic N) is 2. The zero-order chi connectivity index (χ0) is 15.6. The highest BCUT2D eigenvalue weighted by Crippen LogP contribution is 2.27. The van der Waals surface area contributed by atoms with Gasteiger partial charge in [0.25, 0.3) is 5.56 Å². The van der Waals surface area contributed by atoms with E-state index in [-0.39, 0.29) is 5.56 Å². The van der Waals surface area contributed by atoms with E-state index in [4.69, 9.17) is 0 Å². The summed E-state index contributed by atoms with van der Waals surface area (Å²) >= 11 is 0. The molecular formula is C15H17N3O3. The van der Waals surface area contributed by atoms with Crippen LogP contribution in [0, 0.1) is 13.8 Å². The maximum atomic E-state index is 11.9.